The van der Waals surface area contributed by atoms with E-state index in [1.165, 1.54) is 0 Å². The molecule has 1 aliphatic heterocycles. The molecule has 1 aliphatic carbocycles. The molecule has 0 spiro atoms. The van der Waals surface area contributed by atoms with Crippen LogP contribution in [0.5, 0.6) is 5.75 Å². The topological polar surface area (TPSA) is 83.6 Å². The third kappa shape index (κ3) is 5.39. The van der Waals surface area contributed by atoms with Gasteiger partial charge in [0.1, 0.15) is 17.5 Å². The lowest BCUT2D eigenvalue weighted by Gasteiger charge is -2.42. The maximum absolute atomic E-state index is 13.1. The van der Waals surface area contributed by atoms with Crippen LogP contribution in [0, 0.1) is 0 Å². The summed E-state index contributed by atoms with van der Waals surface area (Å²) in [5.74, 6) is 0.792. The Labute approximate surface area is 219 Å². The second kappa shape index (κ2) is 10.0. The predicted molar refractivity (Wildman–Crippen MR) is 139 cm³/mol. The van der Waals surface area contributed by atoms with E-state index in [1.54, 1.807) is 17.4 Å². The van der Waals surface area contributed by atoms with Crippen LogP contribution < -0.4 is 4.74 Å². The Morgan fingerprint density at radius 2 is 2.06 bits per heavy atom. The van der Waals surface area contributed by atoms with E-state index < -0.39 is 5.60 Å². The Bertz CT molecular complexity index is 1220. The van der Waals surface area contributed by atoms with Crippen molar-refractivity contribution < 1.29 is 19.0 Å². The summed E-state index contributed by atoms with van der Waals surface area (Å²) in [6.45, 7) is 6.86. The molecular weight excluding hydrogens is 526 g/mol. The van der Waals surface area contributed by atoms with E-state index in [9.17, 15) is 4.79 Å². The highest BCUT2D eigenvalue weighted by Crippen LogP contribution is 2.38. The van der Waals surface area contributed by atoms with Crippen LogP contribution in [-0.4, -0.2) is 54.7 Å². The van der Waals surface area contributed by atoms with Gasteiger partial charge in [0.05, 0.1) is 35.7 Å². The molecule has 2 aromatic heterocycles. The number of aryl methyl sites for hydroxylation is 1. The van der Waals surface area contributed by atoms with Crippen molar-refractivity contribution in [3.05, 3.63) is 41.0 Å². The summed E-state index contributed by atoms with van der Waals surface area (Å²) in [7, 11) is 1.93. The van der Waals surface area contributed by atoms with Crippen LogP contribution in [0.2, 0.25) is 0 Å². The minimum absolute atomic E-state index is 0.00162. The zero-order chi connectivity index (χ0) is 25.4. The number of amides is 1. The van der Waals surface area contributed by atoms with E-state index in [-0.39, 0.29) is 24.5 Å². The van der Waals surface area contributed by atoms with Crippen molar-refractivity contribution in [2.45, 2.75) is 83.4 Å². The van der Waals surface area contributed by atoms with Crippen LogP contribution >= 0.6 is 15.9 Å². The number of benzene rings is 1. The van der Waals surface area contributed by atoms with Crippen molar-refractivity contribution in [2.75, 3.05) is 6.61 Å². The number of aromatic nitrogens is 4. The van der Waals surface area contributed by atoms with Gasteiger partial charge in [-0.15, -0.1) is 0 Å². The van der Waals surface area contributed by atoms with E-state index in [1.807, 2.05) is 49.3 Å². The summed E-state index contributed by atoms with van der Waals surface area (Å²) in [5.41, 5.74) is 1.39. The number of carbonyl (C=O) groups is 1. The van der Waals surface area contributed by atoms with Crippen LogP contribution in [0.1, 0.15) is 64.8 Å². The van der Waals surface area contributed by atoms with Crippen LogP contribution in [0.15, 0.2) is 35.3 Å². The number of hydrogen-bond acceptors (Lipinski definition) is 6. The molecule has 0 bridgehead atoms. The molecule has 1 saturated carbocycles. The van der Waals surface area contributed by atoms with E-state index in [0.717, 1.165) is 65.5 Å². The number of nitrogens with zero attached hydrogens (tertiary/aromatic N) is 5. The Morgan fingerprint density at radius 3 is 2.72 bits per heavy atom. The summed E-state index contributed by atoms with van der Waals surface area (Å²) in [6.07, 6.45) is 9.68. The predicted octanol–water partition coefficient (Wildman–Crippen LogP) is 5.58. The molecule has 1 saturated heterocycles. The third-order valence-corrected chi connectivity index (χ3v) is 7.21. The quantitative estimate of drug-likeness (QED) is 0.392. The first kappa shape index (κ1) is 25.1. The number of carbonyl (C=O) groups excluding carboxylic acids is 1. The molecule has 9 nitrogen and oxygen atoms in total. The summed E-state index contributed by atoms with van der Waals surface area (Å²) in [5, 5.41) is 5.60. The van der Waals surface area contributed by atoms with Crippen LogP contribution in [0.3, 0.4) is 0 Å². The van der Waals surface area contributed by atoms with Gasteiger partial charge in [0, 0.05) is 43.2 Å². The number of hydrogen-bond donors (Lipinski definition) is 0. The van der Waals surface area contributed by atoms with Crippen molar-refractivity contribution in [1.82, 2.24) is 24.2 Å². The second-order valence-corrected chi connectivity index (χ2v) is 11.6. The molecule has 10 heteroatoms. The molecule has 3 aromatic rings. The molecule has 194 valence electrons. The Morgan fingerprint density at radius 1 is 1.25 bits per heavy atom. The van der Waals surface area contributed by atoms with Gasteiger partial charge in [-0.25, -0.2) is 14.5 Å². The zero-order valence-corrected chi connectivity index (χ0v) is 22.9. The highest BCUT2D eigenvalue weighted by Gasteiger charge is 2.40. The molecule has 0 radical (unpaired) electrons. The first-order valence-corrected chi connectivity index (χ1v) is 13.4. The summed E-state index contributed by atoms with van der Waals surface area (Å²) >= 11 is 3.64. The SMILES string of the molecule is Cn1cncc1CN(C(=O)OC(C)(C)C)[C@H]1C[C@H](Oc2cc(Br)cc3c2cnn3C2CCCCO2)C1. The minimum Gasteiger partial charge on any atom is -0.489 e. The molecule has 1 unspecified atom stereocenters. The summed E-state index contributed by atoms with van der Waals surface area (Å²) in [6, 6.07) is 4.08. The molecule has 1 aromatic carbocycles. The fourth-order valence-electron chi connectivity index (χ4n) is 4.77. The van der Waals surface area contributed by atoms with E-state index in [4.69, 9.17) is 14.2 Å². The number of ether oxygens (including phenoxy) is 3. The van der Waals surface area contributed by atoms with Gasteiger partial charge in [0.2, 0.25) is 0 Å². The minimum atomic E-state index is -0.564. The summed E-state index contributed by atoms with van der Waals surface area (Å²) in [4.78, 5) is 19.1. The zero-order valence-electron chi connectivity index (χ0n) is 21.3. The maximum atomic E-state index is 13.1. The van der Waals surface area contributed by atoms with Gasteiger partial charge in [-0.1, -0.05) is 15.9 Å². The monoisotopic (exact) mass is 559 g/mol. The molecule has 2 aliphatic rings. The first-order valence-electron chi connectivity index (χ1n) is 12.6. The van der Waals surface area contributed by atoms with E-state index >= 15 is 0 Å². The van der Waals surface area contributed by atoms with E-state index in [2.05, 4.69) is 32.1 Å². The lowest BCUT2D eigenvalue weighted by atomic mass is 9.87. The van der Waals surface area contributed by atoms with Crippen molar-refractivity contribution in [1.29, 1.82) is 0 Å². The van der Waals surface area contributed by atoms with Crippen LogP contribution in [-0.2, 0) is 23.1 Å². The van der Waals surface area contributed by atoms with Gasteiger partial charge in [-0.3, -0.25) is 4.90 Å². The smallest absolute Gasteiger partial charge is 0.410 e. The molecule has 5 rings (SSSR count). The average Bonchev–Trinajstić information content (AvgIpc) is 3.40. The molecule has 2 fully saturated rings. The Balaban J connectivity index is 1.30. The Kier molecular flexibility index (Phi) is 7.00. The first-order chi connectivity index (χ1) is 17.2. The largest absolute Gasteiger partial charge is 0.489 e. The normalized spacial score (nSPS) is 22.3. The second-order valence-electron chi connectivity index (χ2n) is 10.7. The van der Waals surface area contributed by atoms with Crippen molar-refractivity contribution >= 4 is 32.9 Å². The van der Waals surface area contributed by atoms with Crippen molar-refractivity contribution in [3.63, 3.8) is 0 Å². The number of fused-ring (bicyclic) bond motifs is 1. The maximum Gasteiger partial charge on any atom is 0.410 e. The van der Waals surface area contributed by atoms with Gasteiger partial charge in [-0.05, 0) is 52.2 Å². The van der Waals surface area contributed by atoms with Gasteiger partial charge in [0.25, 0.3) is 0 Å². The Hall–Kier alpha value is -2.59. The molecular formula is C26H34BrN5O4. The van der Waals surface area contributed by atoms with Gasteiger partial charge < -0.3 is 18.8 Å². The third-order valence-electron chi connectivity index (χ3n) is 6.75. The number of rotatable bonds is 6. The van der Waals surface area contributed by atoms with Crippen molar-refractivity contribution in [3.8, 4) is 5.75 Å². The highest BCUT2D eigenvalue weighted by molar-refractivity contribution is 9.10. The molecule has 1 atom stereocenters. The van der Waals surface area contributed by atoms with E-state index in [0.29, 0.717) is 6.54 Å². The molecule has 3 heterocycles. The van der Waals surface area contributed by atoms with Gasteiger partial charge in [-0.2, -0.15) is 5.10 Å². The molecule has 1 amide bonds. The van der Waals surface area contributed by atoms with Gasteiger partial charge in [0.15, 0.2) is 6.23 Å². The molecule has 36 heavy (non-hydrogen) atoms. The van der Waals surface area contributed by atoms with Crippen molar-refractivity contribution in [2.24, 2.45) is 7.05 Å². The lowest BCUT2D eigenvalue weighted by Crippen LogP contribution is -2.52. The van der Waals surface area contributed by atoms with Gasteiger partial charge >= 0.3 is 6.09 Å². The van der Waals surface area contributed by atoms with Crippen LogP contribution in [0.4, 0.5) is 4.79 Å². The number of halogens is 1. The average molecular weight is 560 g/mol. The fourth-order valence-corrected chi connectivity index (χ4v) is 5.19. The lowest BCUT2D eigenvalue weighted by molar-refractivity contribution is -0.0366. The van der Waals surface area contributed by atoms with Crippen LogP contribution in [0.25, 0.3) is 10.9 Å². The highest BCUT2D eigenvalue weighted by atomic mass is 79.9. The number of imidazole rings is 1. The molecule has 0 N–H and O–H groups in total. The fraction of sp³-hybridized carbons (Fsp3) is 0.577. The standard InChI is InChI=1S/C26H34BrN5O4/c1-26(2,3)36-25(33)31(15-19-13-28-16-30(19)4)18-11-20(12-18)35-23-10-17(27)9-22-21(23)14-29-32(22)24-7-5-6-8-34-24/h9-10,13-14,16,18,20,24H,5-8,11-12,15H2,1-4H3/t18-,20-,24?. The summed E-state index contributed by atoms with van der Waals surface area (Å²) < 4.78 is 23.0.